The van der Waals surface area contributed by atoms with Crippen molar-refractivity contribution in [2.45, 2.75) is 256 Å². The molecule has 1 aliphatic heterocycles. The summed E-state index contributed by atoms with van der Waals surface area (Å²) in [6, 6.07) is 0. The monoisotopic (exact) mass is 957 g/mol. The Bertz CT molecular complexity index is 1340. The first-order chi connectivity index (χ1) is 32.1. The summed E-state index contributed by atoms with van der Waals surface area (Å²) in [6.45, 7) is 3.91. The van der Waals surface area contributed by atoms with E-state index in [0.29, 0.717) is 13.0 Å². The molecule has 0 aromatic carbocycles. The lowest BCUT2D eigenvalue weighted by Gasteiger charge is -2.41. The van der Waals surface area contributed by atoms with Gasteiger partial charge in [-0.25, -0.2) is 4.18 Å². The fraction of sp³-hybridized carbons (Fsp3) is 0.830. The van der Waals surface area contributed by atoms with E-state index < -0.39 is 59.8 Å². The van der Waals surface area contributed by atoms with Crippen molar-refractivity contribution in [3.05, 3.63) is 48.6 Å². The van der Waals surface area contributed by atoms with Gasteiger partial charge in [-0.2, -0.15) is 8.42 Å². The SMILES string of the molecule is CCC/C=C\C/C=C\CCCCCCCCOCC(COC1OC(CO)C(O)C(OS(=O)(=O)O)C1O)OC(=O)CCCCCCCCCCCCCCC/C=C\C/C=C\CCCCCCC. The topological polar surface area (TPSA) is 178 Å². The fourth-order valence-corrected chi connectivity index (χ4v) is 8.43. The summed E-state index contributed by atoms with van der Waals surface area (Å²) < 4.78 is 59.2. The van der Waals surface area contributed by atoms with Crippen LogP contribution in [0.3, 0.4) is 0 Å². The van der Waals surface area contributed by atoms with E-state index in [9.17, 15) is 33.1 Å². The van der Waals surface area contributed by atoms with E-state index in [1.807, 2.05) is 0 Å². The maximum atomic E-state index is 12.9. The molecule has 1 heterocycles. The lowest BCUT2D eigenvalue weighted by Crippen LogP contribution is -2.60. The Kier molecular flexibility index (Phi) is 41.6. The lowest BCUT2D eigenvalue weighted by atomic mass is 9.99. The molecule has 0 aromatic heterocycles. The van der Waals surface area contributed by atoms with Crippen molar-refractivity contribution in [1.82, 2.24) is 0 Å². The van der Waals surface area contributed by atoms with Gasteiger partial charge >= 0.3 is 16.4 Å². The van der Waals surface area contributed by atoms with Crippen LogP contribution in [0.4, 0.5) is 0 Å². The molecule has 6 unspecified atom stereocenters. The van der Waals surface area contributed by atoms with Gasteiger partial charge in [-0.05, 0) is 70.6 Å². The van der Waals surface area contributed by atoms with Crippen molar-refractivity contribution in [1.29, 1.82) is 0 Å². The molecule has 4 N–H and O–H groups in total. The number of carbonyl (C=O) groups excluding carboxylic acids is 1. The van der Waals surface area contributed by atoms with Crippen molar-refractivity contribution >= 4 is 16.4 Å². The molecule has 1 aliphatic rings. The average Bonchev–Trinajstić information content (AvgIpc) is 3.29. The maximum Gasteiger partial charge on any atom is 0.397 e. The lowest BCUT2D eigenvalue weighted by molar-refractivity contribution is -0.301. The van der Waals surface area contributed by atoms with Crippen molar-refractivity contribution in [2.24, 2.45) is 0 Å². The molecular weight excluding hydrogens is 861 g/mol. The number of rotatable bonds is 46. The van der Waals surface area contributed by atoms with E-state index in [1.54, 1.807) is 0 Å². The van der Waals surface area contributed by atoms with E-state index >= 15 is 0 Å². The third-order valence-corrected chi connectivity index (χ3v) is 12.4. The zero-order valence-corrected chi connectivity index (χ0v) is 42.3. The van der Waals surface area contributed by atoms with Gasteiger partial charge in [-0.1, -0.05) is 191 Å². The minimum absolute atomic E-state index is 0.0285. The number of allylic oxidation sites excluding steroid dienone is 8. The second-order valence-electron chi connectivity index (χ2n) is 18.1. The van der Waals surface area contributed by atoms with Crippen LogP contribution in [0, 0.1) is 0 Å². The van der Waals surface area contributed by atoms with Gasteiger partial charge in [0.1, 0.15) is 30.5 Å². The van der Waals surface area contributed by atoms with Crippen LogP contribution in [-0.4, -0.2) is 97.5 Å². The molecule has 0 aliphatic carbocycles. The van der Waals surface area contributed by atoms with Gasteiger partial charge in [-0.15, -0.1) is 0 Å². The predicted molar refractivity (Wildman–Crippen MR) is 266 cm³/mol. The van der Waals surface area contributed by atoms with Gasteiger partial charge in [0.15, 0.2) is 6.29 Å². The molecule has 66 heavy (non-hydrogen) atoms. The molecular formula is C53H96O12S. The number of aliphatic hydroxyl groups is 3. The Morgan fingerprint density at radius 3 is 1.50 bits per heavy atom. The molecule has 1 fully saturated rings. The Morgan fingerprint density at radius 2 is 1.03 bits per heavy atom. The normalized spacial score (nSPS) is 19.9. The van der Waals surface area contributed by atoms with E-state index in [1.165, 1.54) is 122 Å². The van der Waals surface area contributed by atoms with Gasteiger partial charge < -0.3 is 34.3 Å². The second kappa shape index (κ2) is 44.3. The number of hydrogen-bond donors (Lipinski definition) is 4. The molecule has 6 atom stereocenters. The number of hydrogen-bond acceptors (Lipinski definition) is 11. The van der Waals surface area contributed by atoms with Gasteiger partial charge in [0.05, 0.1) is 19.8 Å². The summed E-state index contributed by atoms with van der Waals surface area (Å²) in [5.41, 5.74) is 0. The third-order valence-electron chi connectivity index (χ3n) is 11.9. The Labute approximate surface area is 402 Å². The van der Waals surface area contributed by atoms with Gasteiger partial charge in [0, 0.05) is 13.0 Å². The zero-order chi connectivity index (χ0) is 48.2. The number of carbonyl (C=O) groups is 1. The number of aliphatic hydroxyl groups excluding tert-OH is 3. The van der Waals surface area contributed by atoms with Crippen LogP contribution in [0.5, 0.6) is 0 Å². The molecule has 1 saturated heterocycles. The smallest absolute Gasteiger partial charge is 0.397 e. The van der Waals surface area contributed by atoms with Crippen molar-refractivity contribution in [3.8, 4) is 0 Å². The van der Waals surface area contributed by atoms with Crippen LogP contribution in [0.25, 0.3) is 0 Å². The third kappa shape index (κ3) is 37.0. The number of unbranched alkanes of at least 4 members (excludes halogenated alkanes) is 25. The molecule has 0 saturated carbocycles. The van der Waals surface area contributed by atoms with E-state index in [4.69, 9.17) is 18.9 Å². The summed E-state index contributed by atoms with van der Waals surface area (Å²) >= 11 is 0. The summed E-state index contributed by atoms with van der Waals surface area (Å²) in [5.74, 6) is -0.403. The molecule has 386 valence electrons. The van der Waals surface area contributed by atoms with Crippen LogP contribution in [0.1, 0.15) is 219 Å². The highest BCUT2D eigenvalue weighted by Gasteiger charge is 2.48. The minimum atomic E-state index is -5.07. The van der Waals surface area contributed by atoms with Crippen molar-refractivity contribution in [2.75, 3.05) is 26.4 Å². The summed E-state index contributed by atoms with van der Waals surface area (Å²) in [4.78, 5) is 12.9. The highest BCUT2D eigenvalue weighted by molar-refractivity contribution is 7.80. The largest absolute Gasteiger partial charge is 0.457 e. The van der Waals surface area contributed by atoms with Gasteiger partial charge in [-0.3, -0.25) is 9.35 Å². The van der Waals surface area contributed by atoms with E-state index in [2.05, 4.69) is 66.6 Å². The van der Waals surface area contributed by atoms with Crippen LogP contribution >= 0.6 is 0 Å². The van der Waals surface area contributed by atoms with Crippen molar-refractivity contribution < 1.29 is 56.2 Å². The number of esters is 1. The fourth-order valence-electron chi connectivity index (χ4n) is 7.92. The first kappa shape index (κ1) is 62.1. The predicted octanol–water partition coefficient (Wildman–Crippen LogP) is 12.3. The molecule has 1 rings (SSSR count). The average molecular weight is 957 g/mol. The molecule has 0 aromatic rings. The quantitative estimate of drug-likeness (QED) is 0.0197. The molecule has 12 nitrogen and oxygen atoms in total. The van der Waals surface area contributed by atoms with Crippen LogP contribution in [-0.2, 0) is 38.3 Å². The Morgan fingerprint density at radius 1 is 0.576 bits per heavy atom. The van der Waals surface area contributed by atoms with Gasteiger partial charge in [0.25, 0.3) is 0 Å². The number of ether oxygens (including phenoxy) is 4. The molecule has 13 heteroatoms. The second-order valence-corrected chi connectivity index (χ2v) is 19.2. The van der Waals surface area contributed by atoms with Crippen molar-refractivity contribution in [3.63, 3.8) is 0 Å². The first-order valence-corrected chi connectivity index (χ1v) is 27.8. The van der Waals surface area contributed by atoms with Crippen LogP contribution in [0.15, 0.2) is 48.6 Å². The maximum absolute atomic E-state index is 12.9. The standard InChI is InChI=1S/C53H96O12S/c1-3-5-7-9-11-13-15-17-19-20-21-22-23-24-25-26-27-28-29-30-32-34-36-38-40-42-49(55)63-47(45-61-43-41-39-37-35-33-31-18-16-14-12-10-8-6-4-2)46-62-53-51(57)52(65-66(58,59)60)50(56)48(44-54)64-53/h8,10,14-17,20-21,47-48,50-54,56-57H,3-7,9,11-13,18-19,22-46H2,1-2H3,(H,58,59,60)/b10-8-,16-14-,17-15-,21-20-. The van der Waals surface area contributed by atoms with Crippen LogP contribution < -0.4 is 0 Å². The zero-order valence-electron chi connectivity index (χ0n) is 41.5. The highest BCUT2D eigenvalue weighted by Crippen LogP contribution is 2.26. The first-order valence-electron chi connectivity index (χ1n) is 26.4. The Hall–Kier alpha value is -1.94. The van der Waals surface area contributed by atoms with Gasteiger partial charge in [0.2, 0.25) is 0 Å². The molecule has 0 radical (unpaired) electrons. The molecule has 0 bridgehead atoms. The Balaban J connectivity index is 2.31. The minimum Gasteiger partial charge on any atom is -0.457 e. The molecule has 0 spiro atoms. The van der Waals surface area contributed by atoms with E-state index in [0.717, 1.165) is 70.6 Å². The van der Waals surface area contributed by atoms with Crippen LogP contribution in [0.2, 0.25) is 0 Å². The summed E-state index contributed by atoms with van der Waals surface area (Å²) in [5, 5.41) is 30.7. The summed E-state index contributed by atoms with van der Waals surface area (Å²) in [7, 11) is -5.07. The highest BCUT2D eigenvalue weighted by atomic mass is 32.3. The molecule has 0 amide bonds. The van der Waals surface area contributed by atoms with E-state index in [-0.39, 0.29) is 19.6 Å². The summed E-state index contributed by atoms with van der Waals surface area (Å²) in [6.07, 6.45) is 45.8.